The fraction of sp³-hybridized carbons (Fsp3) is 0.667. The summed E-state index contributed by atoms with van der Waals surface area (Å²) in [6.45, 7) is 0.808. The van der Waals surface area contributed by atoms with Crippen molar-refractivity contribution in [3.05, 3.63) is 5.01 Å². The molecule has 120 valence electrons. The third-order valence-corrected chi connectivity index (χ3v) is 3.44. The van der Waals surface area contributed by atoms with Crippen molar-refractivity contribution in [3.63, 3.8) is 0 Å². The number of amides is 1. The third kappa shape index (κ3) is 8.59. The molecule has 0 aliphatic heterocycles. The zero-order chi connectivity index (χ0) is 14.8. The molecule has 2 N–H and O–H groups in total. The maximum Gasteiger partial charge on any atom is 0.305 e. The molecule has 0 saturated carbocycles. The number of carbonyl (C=O) groups excluding carboxylic acids is 2. The van der Waals surface area contributed by atoms with Gasteiger partial charge in [0.25, 0.3) is 0 Å². The number of aryl methyl sites for hydroxylation is 1. The summed E-state index contributed by atoms with van der Waals surface area (Å²) in [4.78, 5) is 22.5. The first-order valence-corrected chi connectivity index (χ1v) is 7.31. The van der Waals surface area contributed by atoms with Crippen molar-refractivity contribution in [3.8, 4) is 0 Å². The number of hydrogen-bond donors (Lipinski definition) is 2. The van der Waals surface area contributed by atoms with Crippen molar-refractivity contribution in [1.82, 2.24) is 15.5 Å². The summed E-state index contributed by atoms with van der Waals surface area (Å²) in [7, 11) is 3.22. The molecule has 0 aliphatic rings. The summed E-state index contributed by atoms with van der Waals surface area (Å²) >= 11 is 1.34. The Morgan fingerprint density at radius 3 is 2.67 bits per heavy atom. The molecule has 0 fully saturated rings. The van der Waals surface area contributed by atoms with Gasteiger partial charge >= 0.3 is 5.97 Å². The molecule has 0 aromatic carbocycles. The number of aromatic nitrogens is 2. The van der Waals surface area contributed by atoms with Gasteiger partial charge in [-0.25, -0.2) is 0 Å². The number of rotatable bonds is 9. The highest BCUT2D eigenvalue weighted by molar-refractivity contribution is 7.15. The van der Waals surface area contributed by atoms with E-state index in [1.807, 2.05) is 7.05 Å². The van der Waals surface area contributed by atoms with Crippen LogP contribution in [0.25, 0.3) is 0 Å². The van der Waals surface area contributed by atoms with Gasteiger partial charge < -0.3 is 15.4 Å². The van der Waals surface area contributed by atoms with Gasteiger partial charge in [0, 0.05) is 19.3 Å². The first kappa shape index (κ1) is 19.8. The Balaban J connectivity index is 0.00000400. The van der Waals surface area contributed by atoms with Crippen LogP contribution in [0.1, 0.15) is 30.7 Å². The van der Waals surface area contributed by atoms with Gasteiger partial charge in [-0.1, -0.05) is 11.3 Å². The predicted molar refractivity (Wildman–Crippen MR) is 83.9 cm³/mol. The van der Waals surface area contributed by atoms with E-state index in [4.69, 9.17) is 0 Å². The van der Waals surface area contributed by atoms with Crippen molar-refractivity contribution in [2.75, 3.05) is 26.0 Å². The summed E-state index contributed by atoms with van der Waals surface area (Å²) in [5.41, 5.74) is 0. The number of ether oxygens (including phenoxy) is 1. The van der Waals surface area contributed by atoms with E-state index in [0.717, 1.165) is 18.0 Å². The number of methoxy groups -OCH3 is 1. The SMILES string of the molecule is CNCCCC(=O)Nc1nnc(CCCC(=O)OC)s1.Cl. The lowest BCUT2D eigenvalue weighted by atomic mass is 10.2. The molecule has 0 saturated heterocycles. The smallest absolute Gasteiger partial charge is 0.305 e. The zero-order valence-electron chi connectivity index (χ0n) is 12.2. The maximum atomic E-state index is 11.6. The van der Waals surface area contributed by atoms with Crippen molar-refractivity contribution in [1.29, 1.82) is 0 Å². The normalized spacial score (nSPS) is 9.81. The van der Waals surface area contributed by atoms with Gasteiger partial charge in [0.2, 0.25) is 11.0 Å². The number of nitrogens with zero attached hydrogens (tertiary/aromatic N) is 2. The molecule has 1 aromatic rings. The second-order valence-corrected chi connectivity index (χ2v) is 5.25. The predicted octanol–water partition coefficient (Wildman–Crippen LogP) is 1.39. The minimum Gasteiger partial charge on any atom is -0.469 e. The van der Waals surface area contributed by atoms with Crippen molar-refractivity contribution in [2.24, 2.45) is 0 Å². The van der Waals surface area contributed by atoms with Crippen molar-refractivity contribution in [2.45, 2.75) is 32.1 Å². The molecule has 0 atom stereocenters. The fourth-order valence-corrected chi connectivity index (χ4v) is 2.30. The van der Waals surface area contributed by atoms with Gasteiger partial charge in [0.15, 0.2) is 0 Å². The van der Waals surface area contributed by atoms with Crippen LogP contribution in [0.5, 0.6) is 0 Å². The second-order valence-electron chi connectivity index (χ2n) is 4.19. The van der Waals surface area contributed by atoms with Crippen LogP contribution < -0.4 is 10.6 Å². The first-order chi connectivity index (χ1) is 9.65. The topological polar surface area (TPSA) is 93.2 Å². The standard InChI is InChI=1S/C12H20N4O3S.ClH/c1-13-8-4-5-9(17)14-12-16-15-10(20-12)6-3-7-11(18)19-2;/h13H,3-8H2,1-2H3,(H,14,16,17);1H. The van der Waals surface area contributed by atoms with Gasteiger partial charge in [-0.05, 0) is 26.4 Å². The van der Waals surface area contributed by atoms with Crippen molar-refractivity contribution < 1.29 is 14.3 Å². The highest BCUT2D eigenvalue weighted by Gasteiger charge is 2.08. The number of carbonyl (C=O) groups is 2. The molecule has 1 amide bonds. The molecule has 0 unspecified atom stereocenters. The third-order valence-electron chi connectivity index (χ3n) is 2.54. The number of halogens is 1. The van der Waals surface area contributed by atoms with Crippen LogP contribution in [0.2, 0.25) is 0 Å². The van der Waals surface area contributed by atoms with E-state index in [9.17, 15) is 9.59 Å². The minimum absolute atomic E-state index is 0. The van der Waals surface area contributed by atoms with E-state index in [1.165, 1.54) is 18.4 Å². The lowest BCUT2D eigenvalue weighted by molar-refractivity contribution is -0.140. The molecule has 0 bridgehead atoms. The lowest BCUT2D eigenvalue weighted by Crippen LogP contribution is -2.15. The Labute approximate surface area is 134 Å². The first-order valence-electron chi connectivity index (χ1n) is 6.49. The van der Waals surface area contributed by atoms with E-state index < -0.39 is 0 Å². The number of hydrogen-bond acceptors (Lipinski definition) is 7. The van der Waals surface area contributed by atoms with Crippen LogP contribution in [0.4, 0.5) is 5.13 Å². The van der Waals surface area contributed by atoms with E-state index >= 15 is 0 Å². The molecule has 1 rings (SSSR count). The summed E-state index contributed by atoms with van der Waals surface area (Å²) in [5.74, 6) is -0.287. The Kier molecular flexibility index (Phi) is 10.7. The summed E-state index contributed by atoms with van der Waals surface area (Å²) in [5, 5.41) is 14.9. The highest BCUT2D eigenvalue weighted by Crippen LogP contribution is 2.17. The summed E-state index contributed by atoms with van der Waals surface area (Å²) in [6, 6.07) is 0. The maximum absolute atomic E-state index is 11.6. The van der Waals surface area contributed by atoms with Crippen LogP contribution in [0, 0.1) is 0 Å². The Morgan fingerprint density at radius 1 is 1.24 bits per heavy atom. The Bertz CT molecular complexity index is 442. The summed E-state index contributed by atoms with van der Waals surface area (Å²) in [6.07, 6.45) is 2.92. The van der Waals surface area contributed by atoms with Gasteiger partial charge in [0.1, 0.15) is 5.01 Å². The largest absolute Gasteiger partial charge is 0.469 e. The van der Waals surface area contributed by atoms with Gasteiger partial charge in [-0.15, -0.1) is 22.6 Å². The minimum atomic E-state index is -0.229. The fourth-order valence-electron chi connectivity index (χ4n) is 1.50. The molecule has 1 aromatic heterocycles. The number of nitrogens with one attached hydrogen (secondary N) is 2. The lowest BCUT2D eigenvalue weighted by Gasteiger charge is -2.00. The molecule has 21 heavy (non-hydrogen) atoms. The average molecular weight is 337 g/mol. The second kappa shape index (κ2) is 11.4. The van der Waals surface area contributed by atoms with Crippen molar-refractivity contribution >= 4 is 40.8 Å². The molecular weight excluding hydrogens is 316 g/mol. The van der Waals surface area contributed by atoms with Gasteiger partial charge in [0.05, 0.1) is 7.11 Å². The average Bonchev–Trinajstić information content (AvgIpc) is 2.86. The Morgan fingerprint density at radius 2 is 2.00 bits per heavy atom. The zero-order valence-corrected chi connectivity index (χ0v) is 13.8. The summed E-state index contributed by atoms with van der Waals surface area (Å²) < 4.78 is 4.56. The van der Waals surface area contributed by atoms with E-state index in [2.05, 4.69) is 25.6 Å². The van der Waals surface area contributed by atoms with E-state index in [-0.39, 0.29) is 24.3 Å². The van der Waals surface area contributed by atoms with E-state index in [1.54, 1.807) is 0 Å². The molecule has 7 nitrogen and oxygen atoms in total. The van der Waals surface area contributed by atoms with Crippen LogP contribution >= 0.6 is 23.7 Å². The van der Waals surface area contributed by atoms with E-state index in [0.29, 0.717) is 30.8 Å². The molecular formula is C12H21ClN4O3S. The van der Waals surface area contributed by atoms with Crippen LogP contribution in [-0.2, 0) is 20.7 Å². The van der Waals surface area contributed by atoms with Crippen LogP contribution in [0.3, 0.4) is 0 Å². The molecule has 0 aliphatic carbocycles. The molecule has 9 heteroatoms. The molecule has 1 heterocycles. The van der Waals surface area contributed by atoms with Gasteiger partial charge in [-0.2, -0.15) is 0 Å². The number of anilines is 1. The Hall–Kier alpha value is -1.25. The van der Waals surface area contributed by atoms with Crippen LogP contribution in [-0.4, -0.2) is 42.8 Å². The van der Waals surface area contributed by atoms with Crippen LogP contribution in [0.15, 0.2) is 0 Å². The quantitative estimate of drug-likeness (QED) is 0.523. The molecule has 0 spiro atoms. The molecule has 0 radical (unpaired) electrons. The van der Waals surface area contributed by atoms with Gasteiger partial charge in [-0.3, -0.25) is 9.59 Å². The number of esters is 1. The highest BCUT2D eigenvalue weighted by atomic mass is 35.5. The monoisotopic (exact) mass is 336 g/mol.